The molecule has 0 aliphatic heterocycles. The second kappa shape index (κ2) is 7.74. The lowest BCUT2D eigenvalue weighted by molar-refractivity contribution is 0.344. The zero-order chi connectivity index (χ0) is 23.3. The van der Waals surface area contributed by atoms with Gasteiger partial charge in [-0.15, -0.1) is 0 Å². The van der Waals surface area contributed by atoms with E-state index in [1.807, 2.05) is 6.92 Å². The number of aromatic nitrogens is 4. The van der Waals surface area contributed by atoms with Crippen molar-refractivity contribution in [2.45, 2.75) is 13.8 Å². The predicted molar refractivity (Wildman–Crippen MR) is 115 cm³/mol. The van der Waals surface area contributed by atoms with Crippen LogP contribution in [0.2, 0.25) is 0 Å². The minimum atomic E-state index is -4.43. The van der Waals surface area contributed by atoms with E-state index in [1.54, 1.807) is 19.1 Å². The number of hydrogen-bond acceptors (Lipinski definition) is 8. The van der Waals surface area contributed by atoms with E-state index in [9.17, 15) is 16.8 Å². The Labute approximate surface area is 182 Å². The first-order chi connectivity index (χ1) is 14.9. The van der Waals surface area contributed by atoms with Crippen molar-refractivity contribution in [1.82, 2.24) is 19.9 Å². The SMILES string of the molecule is Cc1nc2cc3[nH]c(-c4cc(OCS(=O)(=O)O)cc(C)c4OCS(=O)(=O)O)nc3cc2[nH]1. The molecule has 2 aromatic heterocycles. The van der Waals surface area contributed by atoms with E-state index >= 15 is 0 Å². The summed E-state index contributed by atoms with van der Waals surface area (Å²) in [6.45, 7) is 3.40. The van der Waals surface area contributed by atoms with Crippen LogP contribution < -0.4 is 9.47 Å². The lowest BCUT2D eigenvalue weighted by Gasteiger charge is -2.14. The minimum Gasteiger partial charge on any atom is -0.475 e. The van der Waals surface area contributed by atoms with Gasteiger partial charge in [-0.2, -0.15) is 16.8 Å². The molecule has 4 aromatic rings. The smallest absolute Gasteiger partial charge is 0.300 e. The third kappa shape index (κ3) is 4.83. The van der Waals surface area contributed by atoms with Crippen LogP contribution in [-0.4, -0.2) is 57.8 Å². The molecule has 32 heavy (non-hydrogen) atoms. The maximum Gasteiger partial charge on any atom is 0.300 e. The number of benzene rings is 2. The summed E-state index contributed by atoms with van der Waals surface area (Å²) < 4.78 is 72.9. The third-order valence-corrected chi connectivity index (χ3v) is 5.26. The third-order valence-electron chi connectivity index (χ3n) is 4.43. The predicted octanol–water partition coefficient (Wildman–Crippen LogP) is 2.17. The first kappa shape index (κ1) is 22.0. The molecule has 0 fully saturated rings. The number of imidazole rings is 2. The van der Waals surface area contributed by atoms with E-state index in [2.05, 4.69) is 19.9 Å². The molecule has 0 saturated heterocycles. The number of hydrogen-bond donors (Lipinski definition) is 4. The summed E-state index contributed by atoms with van der Waals surface area (Å²) in [4.78, 5) is 15.1. The summed E-state index contributed by atoms with van der Waals surface area (Å²) in [6, 6.07) is 6.35. The number of rotatable bonds is 7. The molecule has 0 unspecified atom stereocenters. The zero-order valence-corrected chi connectivity index (χ0v) is 18.4. The van der Waals surface area contributed by atoms with Gasteiger partial charge in [-0.05, 0) is 43.7 Å². The Kier molecular flexibility index (Phi) is 5.32. The number of aryl methyl sites for hydroxylation is 2. The molecule has 170 valence electrons. The molecule has 0 saturated carbocycles. The van der Waals surface area contributed by atoms with Crippen LogP contribution in [0, 0.1) is 13.8 Å². The first-order valence-electron chi connectivity index (χ1n) is 9.05. The zero-order valence-electron chi connectivity index (χ0n) is 16.8. The van der Waals surface area contributed by atoms with Crippen LogP contribution in [0.3, 0.4) is 0 Å². The summed E-state index contributed by atoms with van der Waals surface area (Å²) in [5.41, 5.74) is 3.34. The molecular formula is C18H18N4O8S2. The highest BCUT2D eigenvalue weighted by atomic mass is 32.2. The minimum absolute atomic E-state index is 0.0687. The van der Waals surface area contributed by atoms with Crippen LogP contribution in [0.15, 0.2) is 24.3 Å². The average molecular weight is 482 g/mol. The van der Waals surface area contributed by atoms with Crippen molar-refractivity contribution in [2.24, 2.45) is 0 Å². The van der Waals surface area contributed by atoms with Gasteiger partial charge in [-0.1, -0.05) is 0 Å². The van der Waals surface area contributed by atoms with Crippen molar-refractivity contribution in [3.63, 3.8) is 0 Å². The van der Waals surface area contributed by atoms with E-state index in [4.69, 9.17) is 18.6 Å². The Morgan fingerprint density at radius 1 is 0.844 bits per heavy atom. The summed E-state index contributed by atoms with van der Waals surface area (Å²) in [7, 11) is -8.83. The van der Waals surface area contributed by atoms with Gasteiger partial charge >= 0.3 is 20.2 Å². The van der Waals surface area contributed by atoms with Gasteiger partial charge in [-0.25, -0.2) is 9.97 Å². The van der Waals surface area contributed by atoms with Crippen LogP contribution in [0.25, 0.3) is 33.5 Å². The second-order valence-electron chi connectivity index (χ2n) is 7.10. The van der Waals surface area contributed by atoms with Gasteiger partial charge in [0.15, 0.2) is 0 Å². The molecule has 2 aromatic carbocycles. The first-order valence-corrected chi connectivity index (χ1v) is 12.3. The van der Waals surface area contributed by atoms with E-state index < -0.39 is 32.1 Å². The molecule has 12 nitrogen and oxygen atoms in total. The van der Waals surface area contributed by atoms with Gasteiger partial charge in [0, 0.05) is 0 Å². The average Bonchev–Trinajstić information content (AvgIpc) is 3.22. The number of aromatic amines is 2. The maximum absolute atomic E-state index is 11.2. The molecule has 0 atom stereocenters. The van der Waals surface area contributed by atoms with Crippen LogP contribution in [0.4, 0.5) is 0 Å². The highest BCUT2D eigenvalue weighted by Gasteiger charge is 2.19. The van der Waals surface area contributed by atoms with E-state index in [0.717, 1.165) is 16.9 Å². The molecule has 14 heteroatoms. The largest absolute Gasteiger partial charge is 0.475 e. The van der Waals surface area contributed by atoms with Gasteiger partial charge in [0.2, 0.25) is 11.9 Å². The molecule has 0 aliphatic rings. The fraction of sp³-hybridized carbons (Fsp3) is 0.222. The Morgan fingerprint density at radius 2 is 1.44 bits per heavy atom. The Balaban J connectivity index is 1.83. The van der Waals surface area contributed by atoms with Gasteiger partial charge in [-0.3, -0.25) is 9.11 Å². The highest BCUT2D eigenvalue weighted by Crippen LogP contribution is 2.37. The molecule has 0 spiro atoms. The molecule has 0 radical (unpaired) electrons. The molecule has 0 amide bonds. The van der Waals surface area contributed by atoms with Crippen LogP contribution in [0.1, 0.15) is 11.4 Å². The molecule has 4 rings (SSSR count). The number of fused-ring (bicyclic) bond motifs is 2. The fourth-order valence-electron chi connectivity index (χ4n) is 3.24. The Morgan fingerprint density at radius 3 is 2.09 bits per heavy atom. The molecular weight excluding hydrogens is 464 g/mol. The standard InChI is InChI=1S/C18H18N4O8S2/c1-9-3-11(29-7-31(23,24)25)4-12(17(9)30-8-32(26,27)28)18-21-15-5-13-14(6-16(15)22-18)20-10(2)19-13/h3-6H,7-8H2,1-2H3,(H,19,20)(H,21,22)(H,23,24,25)(H,26,27,28). The maximum atomic E-state index is 11.2. The quantitative estimate of drug-likeness (QED) is 0.285. The number of H-pyrrole nitrogens is 2. The fourth-order valence-corrected chi connectivity index (χ4v) is 3.79. The lowest BCUT2D eigenvalue weighted by Crippen LogP contribution is -2.13. The summed E-state index contributed by atoms with van der Waals surface area (Å²) in [5, 5.41) is 0. The van der Waals surface area contributed by atoms with Crippen LogP contribution in [0.5, 0.6) is 11.5 Å². The molecule has 0 aliphatic carbocycles. The molecule has 4 N–H and O–H groups in total. The van der Waals surface area contributed by atoms with Gasteiger partial charge in [0.25, 0.3) is 0 Å². The van der Waals surface area contributed by atoms with Gasteiger partial charge < -0.3 is 19.4 Å². The number of nitrogens with one attached hydrogen (secondary N) is 2. The van der Waals surface area contributed by atoms with Crippen molar-refractivity contribution in [1.29, 1.82) is 0 Å². The van der Waals surface area contributed by atoms with Crippen LogP contribution in [-0.2, 0) is 20.2 Å². The van der Waals surface area contributed by atoms with E-state index in [1.165, 1.54) is 12.1 Å². The number of ether oxygens (including phenoxy) is 2. The van der Waals surface area contributed by atoms with Gasteiger partial charge in [0.05, 0.1) is 27.6 Å². The monoisotopic (exact) mass is 482 g/mol. The topological polar surface area (TPSA) is 185 Å². The van der Waals surface area contributed by atoms with E-state index in [-0.39, 0.29) is 22.9 Å². The van der Waals surface area contributed by atoms with E-state index in [0.29, 0.717) is 16.6 Å². The molecule has 2 heterocycles. The lowest BCUT2D eigenvalue weighted by atomic mass is 10.1. The van der Waals surface area contributed by atoms with Gasteiger partial charge in [0.1, 0.15) is 23.1 Å². The molecule has 0 bridgehead atoms. The highest BCUT2D eigenvalue weighted by molar-refractivity contribution is 7.85. The summed E-state index contributed by atoms with van der Waals surface area (Å²) in [5.74, 6) is -0.811. The van der Waals surface area contributed by atoms with Crippen molar-refractivity contribution in [3.8, 4) is 22.9 Å². The van der Waals surface area contributed by atoms with Crippen molar-refractivity contribution in [2.75, 3.05) is 11.9 Å². The second-order valence-corrected chi connectivity index (χ2v) is 9.90. The normalized spacial score (nSPS) is 12.5. The Hall–Kier alpha value is -3.20. The summed E-state index contributed by atoms with van der Waals surface area (Å²) >= 11 is 0. The van der Waals surface area contributed by atoms with Crippen LogP contribution >= 0.6 is 0 Å². The Bertz CT molecular complexity index is 1500. The summed E-state index contributed by atoms with van der Waals surface area (Å²) in [6.07, 6.45) is 0. The van der Waals surface area contributed by atoms with Crippen molar-refractivity contribution in [3.05, 3.63) is 35.7 Å². The van der Waals surface area contributed by atoms with Crippen molar-refractivity contribution >= 4 is 42.3 Å². The van der Waals surface area contributed by atoms with Crippen molar-refractivity contribution < 1.29 is 35.4 Å². The number of nitrogens with zero attached hydrogens (tertiary/aromatic N) is 2.